The highest BCUT2D eigenvalue weighted by Crippen LogP contribution is 2.34. The zero-order valence-electron chi connectivity index (χ0n) is 11.9. The maximum Gasteiger partial charge on any atom is 0.313 e. The fourth-order valence-electron chi connectivity index (χ4n) is 1.87. The van der Waals surface area contributed by atoms with Crippen molar-refractivity contribution in [3.05, 3.63) is 34.3 Å². The monoisotopic (exact) mass is 546 g/mol. The Morgan fingerprint density at radius 3 is 2.19 bits per heavy atom. The number of alkyl halides is 3. The Kier molecular flexibility index (Phi) is 8.46. The van der Waals surface area contributed by atoms with Gasteiger partial charge in [0.15, 0.2) is 2.14 Å². The van der Waals surface area contributed by atoms with Crippen LogP contribution >= 0.6 is 63.7 Å². The van der Waals surface area contributed by atoms with Gasteiger partial charge in [0, 0.05) is 4.47 Å². The molecular formula is C15H18Br4O2. The molecule has 2 nitrogen and oxygen atoms in total. The molecule has 0 aliphatic carbocycles. The SMILES string of the molecule is CC(C)CC[C@H](C(=O)OCC(Br)(Br)Br)c1ccc(Br)cc1. The molecular weight excluding hydrogens is 532 g/mol. The molecule has 0 aliphatic rings. The van der Waals surface area contributed by atoms with Gasteiger partial charge in [-0.1, -0.05) is 89.7 Å². The number of benzene rings is 1. The zero-order chi connectivity index (χ0) is 16.0. The maximum atomic E-state index is 12.4. The third-order valence-corrected chi connectivity index (χ3v) is 4.18. The normalized spacial score (nSPS) is 13.3. The highest BCUT2D eigenvalue weighted by atomic mass is 80.0. The summed E-state index contributed by atoms with van der Waals surface area (Å²) in [7, 11) is 0. The van der Waals surface area contributed by atoms with E-state index in [9.17, 15) is 4.79 Å². The molecule has 21 heavy (non-hydrogen) atoms. The minimum absolute atomic E-state index is 0.194. The largest absolute Gasteiger partial charge is 0.462 e. The van der Waals surface area contributed by atoms with Crippen LogP contribution in [0.15, 0.2) is 28.7 Å². The van der Waals surface area contributed by atoms with Crippen LogP contribution < -0.4 is 0 Å². The van der Waals surface area contributed by atoms with Crippen molar-refractivity contribution < 1.29 is 9.53 Å². The molecule has 0 heterocycles. The van der Waals surface area contributed by atoms with Gasteiger partial charge in [-0.15, -0.1) is 0 Å². The summed E-state index contributed by atoms with van der Waals surface area (Å²) in [4.78, 5) is 12.4. The molecule has 0 N–H and O–H groups in total. The second-order valence-corrected chi connectivity index (χ2v) is 13.5. The lowest BCUT2D eigenvalue weighted by molar-refractivity contribution is -0.145. The van der Waals surface area contributed by atoms with Crippen LogP contribution in [0.5, 0.6) is 0 Å². The predicted octanol–water partition coefficient (Wildman–Crippen LogP) is 6.35. The van der Waals surface area contributed by atoms with Crippen molar-refractivity contribution in [2.45, 2.75) is 34.7 Å². The van der Waals surface area contributed by atoms with E-state index >= 15 is 0 Å². The van der Waals surface area contributed by atoms with Crippen LogP contribution in [0.3, 0.4) is 0 Å². The molecule has 0 fully saturated rings. The van der Waals surface area contributed by atoms with Gasteiger partial charge in [-0.3, -0.25) is 4.79 Å². The van der Waals surface area contributed by atoms with Crippen LogP contribution in [-0.2, 0) is 9.53 Å². The number of halogens is 4. The molecule has 0 spiro atoms. The van der Waals surface area contributed by atoms with E-state index in [0.29, 0.717) is 5.92 Å². The number of hydrogen-bond acceptors (Lipinski definition) is 2. The van der Waals surface area contributed by atoms with E-state index in [1.165, 1.54) is 0 Å². The van der Waals surface area contributed by atoms with E-state index in [4.69, 9.17) is 4.74 Å². The Bertz CT molecular complexity index is 452. The van der Waals surface area contributed by atoms with Crippen molar-refractivity contribution in [2.24, 2.45) is 5.92 Å². The standard InChI is InChI=1S/C15H18Br4O2/c1-10(2)3-8-13(11-4-6-12(16)7-5-11)14(20)21-9-15(17,18)19/h4-7,10,13H,3,8-9H2,1-2H3/t13-/m0/s1. The van der Waals surface area contributed by atoms with Gasteiger partial charge in [-0.05, 0) is 36.5 Å². The summed E-state index contributed by atoms with van der Waals surface area (Å²) in [5, 5.41) is 0. The number of carbonyl (C=O) groups is 1. The van der Waals surface area contributed by atoms with Crippen LogP contribution in [0.1, 0.15) is 38.2 Å². The van der Waals surface area contributed by atoms with Crippen LogP contribution in [0, 0.1) is 5.92 Å². The predicted molar refractivity (Wildman–Crippen MR) is 101 cm³/mol. The van der Waals surface area contributed by atoms with Crippen molar-refractivity contribution in [3.63, 3.8) is 0 Å². The fourth-order valence-corrected chi connectivity index (χ4v) is 2.48. The van der Waals surface area contributed by atoms with Crippen molar-refractivity contribution in [1.82, 2.24) is 0 Å². The zero-order valence-corrected chi connectivity index (χ0v) is 18.3. The lowest BCUT2D eigenvalue weighted by Gasteiger charge is -2.19. The van der Waals surface area contributed by atoms with Crippen LogP contribution in [0.4, 0.5) is 0 Å². The molecule has 1 atom stereocenters. The third kappa shape index (κ3) is 8.14. The van der Waals surface area contributed by atoms with Gasteiger partial charge in [-0.2, -0.15) is 0 Å². The Morgan fingerprint density at radius 2 is 1.71 bits per heavy atom. The van der Waals surface area contributed by atoms with Crippen molar-refractivity contribution in [1.29, 1.82) is 0 Å². The number of hydrogen-bond donors (Lipinski definition) is 0. The minimum Gasteiger partial charge on any atom is -0.462 e. The van der Waals surface area contributed by atoms with Crippen molar-refractivity contribution in [2.75, 3.05) is 6.61 Å². The molecule has 6 heteroatoms. The molecule has 0 aromatic heterocycles. The number of esters is 1. The number of carbonyl (C=O) groups excluding carboxylic acids is 1. The van der Waals surface area contributed by atoms with Crippen LogP contribution in [-0.4, -0.2) is 14.7 Å². The van der Waals surface area contributed by atoms with Gasteiger partial charge in [0.2, 0.25) is 0 Å². The van der Waals surface area contributed by atoms with E-state index in [1.54, 1.807) is 0 Å². The average Bonchev–Trinajstić information content (AvgIpc) is 2.37. The first-order chi connectivity index (χ1) is 9.69. The molecule has 118 valence electrons. The molecule has 0 unspecified atom stereocenters. The van der Waals surface area contributed by atoms with Gasteiger partial charge in [0.1, 0.15) is 6.61 Å². The Labute approximate surface area is 159 Å². The second kappa shape index (κ2) is 9.04. The maximum absolute atomic E-state index is 12.4. The van der Waals surface area contributed by atoms with E-state index in [-0.39, 0.29) is 18.5 Å². The molecule has 0 aliphatic heterocycles. The molecule has 1 aromatic rings. The van der Waals surface area contributed by atoms with Crippen LogP contribution in [0.25, 0.3) is 0 Å². The average molecular weight is 550 g/mol. The first kappa shape index (κ1) is 19.7. The van der Waals surface area contributed by atoms with Gasteiger partial charge in [0.05, 0.1) is 5.92 Å². The lowest BCUT2D eigenvalue weighted by atomic mass is 9.91. The topological polar surface area (TPSA) is 26.3 Å². The van der Waals surface area contributed by atoms with Gasteiger partial charge >= 0.3 is 5.97 Å². The van der Waals surface area contributed by atoms with Gasteiger partial charge in [0.25, 0.3) is 0 Å². The molecule has 0 bridgehead atoms. The smallest absolute Gasteiger partial charge is 0.313 e. The lowest BCUT2D eigenvalue weighted by Crippen LogP contribution is -2.22. The highest BCUT2D eigenvalue weighted by molar-refractivity contribution is 9.39. The molecule has 0 saturated heterocycles. The van der Waals surface area contributed by atoms with E-state index in [0.717, 1.165) is 22.9 Å². The third-order valence-electron chi connectivity index (χ3n) is 2.97. The summed E-state index contributed by atoms with van der Waals surface area (Å²) in [5.74, 6) is 0.134. The van der Waals surface area contributed by atoms with E-state index in [1.807, 2.05) is 24.3 Å². The van der Waals surface area contributed by atoms with Crippen molar-refractivity contribution in [3.8, 4) is 0 Å². The Hall–Kier alpha value is 0.610. The van der Waals surface area contributed by atoms with Gasteiger partial charge in [-0.25, -0.2) is 0 Å². The number of ether oxygens (including phenoxy) is 1. The molecule has 0 radical (unpaired) electrons. The molecule has 1 rings (SSSR count). The first-order valence-corrected chi connectivity index (χ1v) is 9.85. The van der Waals surface area contributed by atoms with E-state index in [2.05, 4.69) is 77.6 Å². The second-order valence-electron chi connectivity index (χ2n) is 5.30. The minimum atomic E-state index is -0.565. The molecule has 0 saturated carbocycles. The Morgan fingerprint density at radius 1 is 1.14 bits per heavy atom. The van der Waals surface area contributed by atoms with Crippen molar-refractivity contribution >= 4 is 69.7 Å². The summed E-state index contributed by atoms with van der Waals surface area (Å²) in [6.45, 7) is 4.52. The quantitative estimate of drug-likeness (QED) is 0.305. The fraction of sp³-hybridized carbons (Fsp3) is 0.533. The Balaban J connectivity index is 2.81. The van der Waals surface area contributed by atoms with Crippen LogP contribution in [0.2, 0.25) is 0 Å². The summed E-state index contributed by atoms with van der Waals surface area (Å²) in [6, 6.07) is 7.85. The summed E-state index contributed by atoms with van der Waals surface area (Å²) < 4.78 is 5.83. The number of rotatable bonds is 6. The summed E-state index contributed by atoms with van der Waals surface area (Å²) in [6.07, 6.45) is 1.77. The molecule has 0 amide bonds. The first-order valence-electron chi connectivity index (χ1n) is 6.68. The summed E-state index contributed by atoms with van der Waals surface area (Å²) >= 11 is 13.4. The van der Waals surface area contributed by atoms with Gasteiger partial charge < -0.3 is 4.74 Å². The summed E-state index contributed by atoms with van der Waals surface area (Å²) in [5.41, 5.74) is 0.994. The highest BCUT2D eigenvalue weighted by Gasteiger charge is 2.26. The van der Waals surface area contributed by atoms with E-state index < -0.39 is 2.14 Å². The molecule has 1 aromatic carbocycles.